The Labute approximate surface area is 119 Å². The van der Waals surface area contributed by atoms with Crippen molar-refractivity contribution >= 4 is 5.97 Å². The predicted octanol–water partition coefficient (Wildman–Crippen LogP) is 1.61. The van der Waals surface area contributed by atoms with Crippen molar-refractivity contribution in [3.63, 3.8) is 0 Å². The summed E-state index contributed by atoms with van der Waals surface area (Å²) >= 11 is 0. The zero-order valence-electron chi connectivity index (χ0n) is 12.2. The maximum absolute atomic E-state index is 10.9. The Bertz CT molecular complexity index is 416. The van der Waals surface area contributed by atoms with Gasteiger partial charge in [0.15, 0.2) is 0 Å². The van der Waals surface area contributed by atoms with E-state index < -0.39 is 18.0 Å². The van der Waals surface area contributed by atoms with E-state index in [9.17, 15) is 9.90 Å². The third kappa shape index (κ3) is 5.59. The van der Waals surface area contributed by atoms with Gasteiger partial charge < -0.3 is 20.3 Å². The molecule has 0 spiro atoms. The van der Waals surface area contributed by atoms with E-state index in [1.54, 1.807) is 31.2 Å². The van der Waals surface area contributed by atoms with Gasteiger partial charge in [-0.15, -0.1) is 0 Å². The fraction of sp³-hybridized carbons (Fsp3) is 0.533. The lowest BCUT2D eigenvalue weighted by molar-refractivity contribution is -0.138. The van der Waals surface area contributed by atoms with Crippen LogP contribution in [0.2, 0.25) is 0 Å². The predicted molar refractivity (Wildman–Crippen MR) is 77.1 cm³/mol. The van der Waals surface area contributed by atoms with Crippen molar-refractivity contribution in [3.05, 3.63) is 29.8 Å². The highest BCUT2D eigenvalue weighted by Crippen LogP contribution is 2.19. The third-order valence-corrected chi connectivity index (χ3v) is 2.95. The highest BCUT2D eigenvalue weighted by molar-refractivity contribution is 5.75. The summed E-state index contributed by atoms with van der Waals surface area (Å²) in [5.41, 5.74) is 0.729. The minimum Gasteiger partial charge on any atom is -0.491 e. The number of nitrogens with one attached hydrogen (secondary N) is 1. The number of carboxylic acids is 1. The summed E-state index contributed by atoms with van der Waals surface area (Å²) in [7, 11) is 0. The molecule has 1 aromatic carbocycles. The number of benzene rings is 1. The Morgan fingerprint density at radius 2 is 1.85 bits per heavy atom. The van der Waals surface area contributed by atoms with Crippen molar-refractivity contribution in [1.29, 1.82) is 0 Å². The van der Waals surface area contributed by atoms with E-state index >= 15 is 0 Å². The van der Waals surface area contributed by atoms with Crippen LogP contribution < -0.4 is 10.1 Å². The lowest BCUT2D eigenvalue weighted by atomic mass is 10.0. The van der Waals surface area contributed by atoms with Crippen molar-refractivity contribution in [3.8, 4) is 5.75 Å². The van der Waals surface area contributed by atoms with Gasteiger partial charge in [-0.25, -0.2) is 0 Å². The van der Waals surface area contributed by atoms with Gasteiger partial charge in [0.25, 0.3) is 0 Å². The highest BCUT2D eigenvalue weighted by Gasteiger charge is 2.13. The molecule has 0 saturated heterocycles. The number of aliphatic hydroxyl groups excluding tert-OH is 1. The number of rotatable bonds is 8. The van der Waals surface area contributed by atoms with Crippen LogP contribution in [0.15, 0.2) is 24.3 Å². The van der Waals surface area contributed by atoms with Gasteiger partial charge in [0.2, 0.25) is 0 Å². The molecule has 2 atom stereocenters. The average Bonchev–Trinajstić information content (AvgIpc) is 2.42. The summed E-state index contributed by atoms with van der Waals surface area (Å²) in [6, 6.07) is 7.22. The Morgan fingerprint density at radius 3 is 2.35 bits per heavy atom. The summed E-state index contributed by atoms with van der Waals surface area (Å²) < 4.78 is 5.46. The van der Waals surface area contributed by atoms with E-state index in [0.717, 1.165) is 5.56 Å². The van der Waals surface area contributed by atoms with Crippen molar-refractivity contribution in [1.82, 2.24) is 5.32 Å². The molecule has 0 fully saturated rings. The first-order valence-corrected chi connectivity index (χ1v) is 6.77. The molecule has 0 saturated carbocycles. The van der Waals surface area contributed by atoms with Gasteiger partial charge in [0.05, 0.1) is 5.92 Å². The van der Waals surface area contributed by atoms with Gasteiger partial charge in [0.1, 0.15) is 18.5 Å². The molecule has 0 aliphatic carbocycles. The lowest BCUT2D eigenvalue weighted by Gasteiger charge is -2.15. The van der Waals surface area contributed by atoms with Crippen molar-refractivity contribution in [2.24, 2.45) is 0 Å². The Balaban J connectivity index is 2.44. The molecule has 1 aromatic rings. The largest absolute Gasteiger partial charge is 0.491 e. The van der Waals surface area contributed by atoms with Crippen molar-refractivity contribution < 1.29 is 19.7 Å². The van der Waals surface area contributed by atoms with Crippen LogP contribution in [0, 0.1) is 0 Å². The number of aliphatic hydroxyl groups is 1. The first-order chi connectivity index (χ1) is 9.40. The molecule has 112 valence electrons. The molecule has 0 radical (unpaired) electrons. The first kappa shape index (κ1) is 16.5. The van der Waals surface area contributed by atoms with Gasteiger partial charge in [-0.3, -0.25) is 4.79 Å². The molecule has 0 bridgehead atoms. The van der Waals surface area contributed by atoms with Gasteiger partial charge in [-0.1, -0.05) is 26.0 Å². The number of ether oxygens (including phenoxy) is 1. The fourth-order valence-corrected chi connectivity index (χ4v) is 1.62. The molecule has 3 N–H and O–H groups in total. The molecular weight excluding hydrogens is 258 g/mol. The molecular formula is C15H23NO4. The Morgan fingerprint density at radius 1 is 1.25 bits per heavy atom. The molecule has 5 heteroatoms. The zero-order chi connectivity index (χ0) is 15.1. The second kappa shape index (κ2) is 7.87. The van der Waals surface area contributed by atoms with Crippen LogP contribution in [0.4, 0.5) is 0 Å². The molecule has 1 rings (SSSR count). The number of hydrogen-bond acceptors (Lipinski definition) is 4. The summed E-state index contributed by atoms with van der Waals surface area (Å²) in [5.74, 6) is -0.770. The fourth-order valence-electron chi connectivity index (χ4n) is 1.62. The van der Waals surface area contributed by atoms with Crippen LogP contribution in [-0.4, -0.2) is 41.5 Å². The quantitative estimate of drug-likeness (QED) is 0.674. The van der Waals surface area contributed by atoms with E-state index in [4.69, 9.17) is 9.84 Å². The van der Waals surface area contributed by atoms with E-state index in [1.165, 1.54) is 0 Å². The number of hydrogen-bond donors (Lipinski definition) is 3. The van der Waals surface area contributed by atoms with Crippen LogP contribution >= 0.6 is 0 Å². The molecule has 0 aromatic heterocycles. The van der Waals surface area contributed by atoms with Crippen molar-refractivity contribution in [2.75, 3.05) is 13.2 Å². The van der Waals surface area contributed by atoms with E-state index in [1.807, 2.05) is 13.8 Å². The molecule has 0 amide bonds. The van der Waals surface area contributed by atoms with Crippen molar-refractivity contribution in [2.45, 2.75) is 38.8 Å². The maximum atomic E-state index is 10.9. The first-order valence-electron chi connectivity index (χ1n) is 6.77. The second-order valence-corrected chi connectivity index (χ2v) is 5.16. The molecule has 0 aliphatic rings. The van der Waals surface area contributed by atoms with Gasteiger partial charge in [0, 0.05) is 12.6 Å². The Kier molecular flexibility index (Phi) is 6.48. The molecule has 2 unspecified atom stereocenters. The number of aliphatic carboxylic acids is 1. The van der Waals surface area contributed by atoms with Crippen LogP contribution in [0.5, 0.6) is 5.75 Å². The minimum atomic E-state index is -0.853. The molecule has 0 heterocycles. The van der Waals surface area contributed by atoms with Crippen LogP contribution in [-0.2, 0) is 4.79 Å². The summed E-state index contributed by atoms with van der Waals surface area (Å²) in [6.07, 6.45) is -0.574. The number of carbonyl (C=O) groups is 1. The standard InChI is InChI=1S/C15H23NO4/c1-10(2)16-8-13(17)9-20-14-6-4-12(5-7-14)11(3)15(18)19/h4-7,10-11,13,16-17H,8-9H2,1-3H3,(H,18,19). The topological polar surface area (TPSA) is 78.8 Å². The normalized spacial score (nSPS) is 14.1. The molecule has 0 aliphatic heterocycles. The van der Waals surface area contributed by atoms with Crippen LogP contribution in [0.3, 0.4) is 0 Å². The molecule has 5 nitrogen and oxygen atoms in total. The van der Waals surface area contributed by atoms with Gasteiger partial charge >= 0.3 is 5.97 Å². The molecule has 20 heavy (non-hydrogen) atoms. The van der Waals surface area contributed by atoms with Gasteiger partial charge in [-0.2, -0.15) is 0 Å². The van der Waals surface area contributed by atoms with E-state index in [0.29, 0.717) is 18.3 Å². The van der Waals surface area contributed by atoms with Crippen LogP contribution in [0.25, 0.3) is 0 Å². The third-order valence-electron chi connectivity index (χ3n) is 2.95. The van der Waals surface area contributed by atoms with Gasteiger partial charge in [-0.05, 0) is 24.6 Å². The Hall–Kier alpha value is -1.59. The second-order valence-electron chi connectivity index (χ2n) is 5.16. The van der Waals surface area contributed by atoms with E-state index in [-0.39, 0.29) is 6.61 Å². The smallest absolute Gasteiger partial charge is 0.310 e. The summed E-state index contributed by atoms with van der Waals surface area (Å²) in [5, 5.41) is 21.7. The summed E-state index contributed by atoms with van der Waals surface area (Å²) in [4.78, 5) is 10.9. The maximum Gasteiger partial charge on any atom is 0.310 e. The average molecular weight is 281 g/mol. The lowest BCUT2D eigenvalue weighted by Crippen LogP contribution is -2.35. The monoisotopic (exact) mass is 281 g/mol. The SMILES string of the molecule is CC(C)NCC(O)COc1ccc(C(C)C(=O)O)cc1. The minimum absolute atomic E-state index is 0.202. The zero-order valence-corrected chi connectivity index (χ0v) is 12.2. The highest BCUT2D eigenvalue weighted by atomic mass is 16.5. The van der Waals surface area contributed by atoms with E-state index in [2.05, 4.69) is 5.32 Å². The summed E-state index contributed by atoms with van der Waals surface area (Å²) in [6.45, 7) is 6.34. The number of carboxylic acid groups (broad SMARTS) is 1. The van der Waals surface area contributed by atoms with Crippen LogP contribution in [0.1, 0.15) is 32.3 Å².